The number of amides is 1. The van der Waals surface area contributed by atoms with E-state index in [2.05, 4.69) is 9.97 Å². The van der Waals surface area contributed by atoms with Gasteiger partial charge in [0, 0.05) is 18.9 Å². The molecule has 0 aliphatic carbocycles. The van der Waals surface area contributed by atoms with Gasteiger partial charge >= 0.3 is 0 Å². The number of aromatic hydroxyl groups is 1. The van der Waals surface area contributed by atoms with Crippen LogP contribution in [-0.4, -0.2) is 50.2 Å². The van der Waals surface area contributed by atoms with Crippen molar-refractivity contribution >= 4 is 5.91 Å². The number of hydrogen-bond acceptors (Lipinski definition) is 5. The molecule has 0 aliphatic heterocycles. The fraction of sp³-hybridized carbons (Fsp3) is 0.333. The maximum atomic E-state index is 12.4. The monoisotopic (exact) mass is 304 g/mol. The predicted octanol–water partition coefficient (Wildman–Crippen LogP) is 0.00620. The van der Waals surface area contributed by atoms with E-state index in [0.29, 0.717) is 12.2 Å². The van der Waals surface area contributed by atoms with Gasteiger partial charge < -0.3 is 25.8 Å². The molecule has 0 unspecified atom stereocenters. The number of nitrogens with two attached hydrogens (primary N) is 1. The number of nitrogens with one attached hydrogen (secondary N) is 1. The molecule has 0 spiro atoms. The Hall–Kier alpha value is -2.38. The van der Waals surface area contributed by atoms with Crippen LogP contribution in [0.2, 0.25) is 0 Å². The van der Waals surface area contributed by atoms with E-state index in [4.69, 9.17) is 10.8 Å². The lowest BCUT2D eigenvalue weighted by Crippen LogP contribution is -2.45. The first kappa shape index (κ1) is 16.0. The number of aromatic nitrogens is 2. The third kappa shape index (κ3) is 4.31. The maximum Gasteiger partial charge on any atom is 0.240 e. The molecule has 0 saturated carbocycles. The minimum Gasteiger partial charge on any atom is -0.508 e. The molecular weight excluding hydrogens is 284 g/mol. The highest BCUT2D eigenvalue weighted by Gasteiger charge is 2.21. The van der Waals surface area contributed by atoms with Crippen molar-refractivity contribution in [2.75, 3.05) is 13.2 Å². The molecule has 0 fully saturated rings. The molecule has 7 heteroatoms. The number of carbonyl (C=O) groups is 1. The van der Waals surface area contributed by atoms with E-state index in [1.165, 1.54) is 4.90 Å². The summed E-state index contributed by atoms with van der Waals surface area (Å²) >= 11 is 0. The second kappa shape index (κ2) is 7.58. The number of aliphatic hydroxyl groups excluding tert-OH is 1. The highest BCUT2D eigenvalue weighted by atomic mass is 16.3. The van der Waals surface area contributed by atoms with Gasteiger partial charge in [-0.2, -0.15) is 0 Å². The number of benzene rings is 1. The van der Waals surface area contributed by atoms with Gasteiger partial charge in [0.15, 0.2) is 0 Å². The van der Waals surface area contributed by atoms with Crippen molar-refractivity contribution in [1.29, 1.82) is 0 Å². The molecule has 1 aromatic heterocycles. The molecule has 0 aliphatic rings. The molecule has 0 radical (unpaired) electrons. The maximum absolute atomic E-state index is 12.4. The molecule has 1 heterocycles. The van der Waals surface area contributed by atoms with Crippen molar-refractivity contribution in [2.45, 2.75) is 19.0 Å². The quantitative estimate of drug-likeness (QED) is 0.575. The summed E-state index contributed by atoms with van der Waals surface area (Å²) in [6, 6.07) is 5.85. The summed E-state index contributed by atoms with van der Waals surface area (Å²) in [6.07, 6.45) is 3.64. The number of hydrogen-bond donors (Lipinski definition) is 4. The summed E-state index contributed by atoms with van der Waals surface area (Å²) in [5.41, 5.74) is 6.84. The van der Waals surface area contributed by atoms with E-state index in [1.54, 1.807) is 36.7 Å². The lowest BCUT2D eigenvalue weighted by atomic mass is 10.1. The van der Waals surface area contributed by atoms with E-state index < -0.39 is 6.04 Å². The Morgan fingerprint density at radius 2 is 2.09 bits per heavy atom. The molecule has 118 valence electrons. The number of aliphatic hydroxyl groups is 1. The van der Waals surface area contributed by atoms with Gasteiger partial charge in [-0.15, -0.1) is 0 Å². The summed E-state index contributed by atoms with van der Waals surface area (Å²) in [4.78, 5) is 20.9. The minimum absolute atomic E-state index is 0.140. The van der Waals surface area contributed by atoms with Crippen LogP contribution in [0.4, 0.5) is 0 Å². The Bertz CT molecular complexity index is 583. The lowest BCUT2D eigenvalue weighted by Gasteiger charge is -2.24. The SMILES string of the molecule is N[C@@H](Cc1ccc(O)cc1)C(=O)N(CCO)Cc1ncc[nH]1. The number of imidazole rings is 1. The molecule has 7 nitrogen and oxygen atoms in total. The first-order chi connectivity index (χ1) is 10.6. The van der Waals surface area contributed by atoms with Crippen molar-refractivity contribution in [3.05, 3.63) is 48.0 Å². The number of phenolic OH excluding ortho intramolecular Hbond substituents is 1. The summed E-state index contributed by atoms with van der Waals surface area (Å²) in [5, 5.41) is 18.4. The van der Waals surface area contributed by atoms with Crippen LogP contribution in [0.1, 0.15) is 11.4 Å². The highest BCUT2D eigenvalue weighted by molar-refractivity contribution is 5.82. The second-order valence-corrected chi connectivity index (χ2v) is 5.00. The first-order valence-electron chi connectivity index (χ1n) is 7.01. The molecule has 0 saturated heterocycles. The fourth-order valence-electron chi connectivity index (χ4n) is 2.16. The van der Waals surface area contributed by atoms with Gasteiger partial charge in [-0.05, 0) is 24.1 Å². The number of H-pyrrole nitrogens is 1. The predicted molar refractivity (Wildman–Crippen MR) is 80.9 cm³/mol. The summed E-state index contributed by atoms with van der Waals surface area (Å²) in [7, 11) is 0. The molecule has 1 atom stereocenters. The van der Waals surface area contributed by atoms with Crippen LogP contribution in [0, 0.1) is 0 Å². The number of carbonyl (C=O) groups excluding carboxylic acids is 1. The molecule has 1 amide bonds. The Kier molecular flexibility index (Phi) is 5.51. The fourth-order valence-corrected chi connectivity index (χ4v) is 2.16. The van der Waals surface area contributed by atoms with Crippen LogP contribution in [0.25, 0.3) is 0 Å². The molecular formula is C15H20N4O3. The standard InChI is InChI=1S/C15H20N4O3/c16-13(9-11-1-3-12(21)4-2-11)15(22)19(7-8-20)10-14-17-5-6-18-14/h1-6,13,20-21H,7-10,16H2,(H,17,18)/t13-/m0/s1. The Morgan fingerprint density at radius 3 is 2.68 bits per heavy atom. The highest BCUT2D eigenvalue weighted by Crippen LogP contribution is 2.12. The van der Waals surface area contributed by atoms with Crippen LogP contribution in [0.15, 0.2) is 36.7 Å². The molecule has 0 bridgehead atoms. The van der Waals surface area contributed by atoms with E-state index in [1.807, 2.05) is 0 Å². The third-order valence-electron chi connectivity index (χ3n) is 3.29. The van der Waals surface area contributed by atoms with Crippen molar-refractivity contribution in [1.82, 2.24) is 14.9 Å². The number of nitrogens with zero attached hydrogens (tertiary/aromatic N) is 2. The zero-order valence-corrected chi connectivity index (χ0v) is 12.1. The van der Waals surface area contributed by atoms with Gasteiger partial charge in [0.1, 0.15) is 11.6 Å². The first-order valence-corrected chi connectivity index (χ1v) is 7.01. The smallest absolute Gasteiger partial charge is 0.240 e. The molecule has 22 heavy (non-hydrogen) atoms. The molecule has 5 N–H and O–H groups in total. The zero-order valence-electron chi connectivity index (χ0n) is 12.1. The lowest BCUT2D eigenvalue weighted by molar-refractivity contribution is -0.133. The van der Waals surface area contributed by atoms with E-state index >= 15 is 0 Å². The second-order valence-electron chi connectivity index (χ2n) is 5.00. The zero-order chi connectivity index (χ0) is 15.9. The van der Waals surface area contributed by atoms with Crippen LogP contribution in [0.5, 0.6) is 5.75 Å². The Balaban J connectivity index is 2.00. The van der Waals surface area contributed by atoms with Crippen LogP contribution < -0.4 is 5.73 Å². The van der Waals surface area contributed by atoms with E-state index in [-0.39, 0.29) is 31.4 Å². The number of aromatic amines is 1. The van der Waals surface area contributed by atoms with Gasteiger partial charge in [0.05, 0.1) is 19.2 Å². The topological polar surface area (TPSA) is 115 Å². The number of phenols is 1. The average molecular weight is 304 g/mol. The molecule has 2 aromatic rings. The van der Waals surface area contributed by atoms with Gasteiger partial charge in [0.2, 0.25) is 5.91 Å². The van der Waals surface area contributed by atoms with Crippen molar-refractivity contribution in [3.63, 3.8) is 0 Å². The van der Waals surface area contributed by atoms with Crippen LogP contribution in [0.3, 0.4) is 0 Å². The summed E-state index contributed by atoms with van der Waals surface area (Å²) in [5.74, 6) is 0.556. The summed E-state index contributed by atoms with van der Waals surface area (Å²) < 4.78 is 0. The molecule has 2 rings (SSSR count). The van der Waals surface area contributed by atoms with Gasteiger partial charge in [-0.3, -0.25) is 4.79 Å². The van der Waals surface area contributed by atoms with Crippen LogP contribution >= 0.6 is 0 Å². The van der Waals surface area contributed by atoms with E-state index in [9.17, 15) is 9.90 Å². The summed E-state index contributed by atoms with van der Waals surface area (Å²) in [6.45, 7) is 0.330. The minimum atomic E-state index is -0.717. The van der Waals surface area contributed by atoms with Gasteiger partial charge in [-0.1, -0.05) is 12.1 Å². The van der Waals surface area contributed by atoms with Crippen molar-refractivity contribution < 1.29 is 15.0 Å². The Labute approximate surface area is 128 Å². The van der Waals surface area contributed by atoms with Crippen molar-refractivity contribution in [2.24, 2.45) is 5.73 Å². The van der Waals surface area contributed by atoms with Gasteiger partial charge in [0.25, 0.3) is 0 Å². The van der Waals surface area contributed by atoms with Gasteiger partial charge in [-0.25, -0.2) is 4.98 Å². The van der Waals surface area contributed by atoms with Crippen molar-refractivity contribution in [3.8, 4) is 5.75 Å². The molecule has 1 aromatic carbocycles. The third-order valence-corrected chi connectivity index (χ3v) is 3.29. The van der Waals surface area contributed by atoms with Crippen LogP contribution in [-0.2, 0) is 17.8 Å². The normalized spacial score (nSPS) is 12.1. The Morgan fingerprint density at radius 1 is 1.36 bits per heavy atom. The average Bonchev–Trinajstić information content (AvgIpc) is 3.01. The number of rotatable bonds is 7. The van der Waals surface area contributed by atoms with E-state index in [0.717, 1.165) is 5.56 Å². The largest absolute Gasteiger partial charge is 0.508 e.